The summed E-state index contributed by atoms with van der Waals surface area (Å²) in [5.74, 6) is 0.432. The number of methoxy groups -OCH3 is 2. The Kier molecular flexibility index (Phi) is 10.0. The summed E-state index contributed by atoms with van der Waals surface area (Å²) >= 11 is 0. The van der Waals surface area contributed by atoms with Crippen molar-refractivity contribution in [1.29, 1.82) is 0 Å². The minimum atomic E-state index is -3.95. The molecule has 0 N–H and O–H groups in total. The molecule has 196 valence electrons. The van der Waals surface area contributed by atoms with Crippen molar-refractivity contribution in [2.75, 3.05) is 45.9 Å². The minimum absolute atomic E-state index is 0. The fourth-order valence-corrected chi connectivity index (χ4v) is 10.4. The quantitative estimate of drug-likeness (QED) is 0.449. The molecule has 0 amide bonds. The fourth-order valence-electron chi connectivity index (χ4n) is 4.62. The van der Waals surface area contributed by atoms with Gasteiger partial charge in [0.2, 0.25) is 0 Å². The SMILES string of the molecule is COc1ccc(C2(CCCN(C)CCc3ccc(C)cc3)S(=O)(=O)CCCS2(=O)=O)cc1OC.Cl. The maximum Gasteiger partial charge on any atom is 0.198 e. The summed E-state index contributed by atoms with van der Waals surface area (Å²) < 4.78 is 62.3. The molecule has 0 bridgehead atoms. The van der Waals surface area contributed by atoms with Crippen LogP contribution in [0.15, 0.2) is 42.5 Å². The number of aryl methyl sites for hydroxylation is 1. The van der Waals surface area contributed by atoms with Gasteiger partial charge in [-0.15, -0.1) is 12.4 Å². The number of ether oxygens (including phenoxy) is 2. The van der Waals surface area contributed by atoms with Crippen LogP contribution in [0.2, 0.25) is 0 Å². The Hall–Kier alpha value is -1.81. The van der Waals surface area contributed by atoms with E-state index in [-0.39, 0.29) is 42.3 Å². The lowest BCUT2D eigenvalue weighted by atomic mass is 10.1. The first-order valence-corrected chi connectivity index (χ1v) is 14.8. The highest BCUT2D eigenvalue weighted by Gasteiger charge is 2.57. The van der Waals surface area contributed by atoms with Crippen molar-refractivity contribution in [3.8, 4) is 11.5 Å². The number of nitrogens with zero attached hydrogens (tertiary/aromatic N) is 1. The van der Waals surface area contributed by atoms with Gasteiger partial charge < -0.3 is 14.4 Å². The van der Waals surface area contributed by atoms with Gasteiger partial charge in [0.05, 0.1) is 25.7 Å². The van der Waals surface area contributed by atoms with Crippen LogP contribution in [0.4, 0.5) is 0 Å². The average Bonchev–Trinajstić information content (AvgIpc) is 2.79. The number of sulfone groups is 2. The predicted octanol–water partition coefficient (Wildman–Crippen LogP) is 3.77. The second-order valence-corrected chi connectivity index (χ2v) is 13.9. The first-order valence-electron chi connectivity index (χ1n) is 11.5. The van der Waals surface area contributed by atoms with Gasteiger partial charge >= 0.3 is 0 Å². The van der Waals surface area contributed by atoms with E-state index in [1.54, 1.807) is 12.1 Å². The van der Waals surface area contributed by atoms with E-state index < -0.39 is 23.8 Å². The van der Waals surface area contributed by atoms with Crippen LogP contribution in [0.1, 0.15) is 36.0 Å². The summed E-state index contributed by atoms with van der Waals surface area (Å²) in [5, 5.41) is 0. The molecule has 1 fully saturated rings. The second kappa shape index (κ2) is 12.0. The zero-order valence-electron chi connectivity index (χ0n) is 20.8. The van der Waals surface area contributed by atoms with Crippen molar-refractivity contribution in [2.24, 2.45) is 0 Å². The third-order valence-corrected chi connectivity index (χ3v) is 12.7. The molecule has 35 heavy (non-hydrogen) atoms. The van der Waals surface area contributed by atoms with Crippen LogP contribution in [0.3, 0.4) is 0 Å². The highest BCUT2D eigenvalue weighted by molar-refractivity contribution is 8.10. The van der Waals surface area contributed by atoms with Crippen molar-refractivity contribution in [2.45, 2.75) is 36.7 Å². The van der Waals surface area contributed by atoms with E-state index in [1.807, 2.05) is 7.05 Å². The van der Waals surface area contributed by atoms with Crippen LogP contribution in [0.5, 0.6) is 11.5 Å². The Morgan fingerprint density at radius 2 is 1.49 bits per heavy atom. The lowest BCUT2D eigenvalue weighted by Crippen LogP contribution is -2.50. The molecule has 0 saturated carbocycles. The van der Waals surface area contributed by atoms with Gasteiger partial charge in [0.15, 0.2) is 35.3 Å². The Balaban J connectivity index is 0.00000432. The molecule has 7 nitrogen and oxygen atoms in total. The molecule has 0 unspecified atom stereocenters. The normalized spacial score (nSPS) is 18.0. The molecule has 3 rings (SSSR count). The molecular formula is C25H36ClNO6S2. The Bertz CT molecular complexity index is 1160. The highest BCUT2D eigenvalue weighted by atomic mass is 35.5. The maximum atomic E-state index is 13.4. The van der Waals surface area contributed by atoms with Crippen LogP contribution in [0, 0.1) is 6.92 Å². The third-order valence-electron chi connectivity index (χ3n) is 6.60. The van der Waals surface area contributed by atoms with E-state index in [4.69, 9.17) is 9.47 Å². The number of benzene rings is 2. The summed E-state index contributed by atoms with van der Waals surface area (Å²) in [7, 11) is -3.00. The first-order chi connectivity index (χ1) is 16.1. The monoisotopic (exact) mass is 545 g/mol. The van der Waals surface area contributed by atoms with Crippen molar-refractivity contribution >= 4 is 32.1 Å². The molecule has 1 saturated heterocycles. The summed E-state index contributed by atoms with van der Waals surface area (Å²) in [6, 6.07) is 13.0. The van der Waals surface area contributed by atoms with E-state index in [9.17, 15) is 16.8 Å². The largest absolute Gasteiger partial charge is 0.493 e. The molecule has 2 aromatic carbocycles. The zero-order chi connectivity index (χ0) is 25.0. The summed E-state index contributed by atoms with van der Waals surface area (Å²) in [6.07, 6.45) is 1.42. The summed E-state index contributed by atoms with van der Waals surface area (Å²) in [6.45, 7) is 3.44. The molecule has 0 aromatic heterocycles. The predicted molar refractivity (Wildman–Crippen MR) is 142 cm³/mol. The average molecular weight is 546 g/mol. The zero-order valence-corrected chi connectivity index (χ0v) is 23.3. The Morgan fingerprint density at radius 1 is 0.886 bits per heavy atom. The molecule has 0 spiro atoms. The minimum Gasteiger partial charge on any atom is -0.493 e. The topological polar surface area (TPSA) is 90.0 Å². The van der Waals surface area contributed by atoms with Crippen LogP contribution in [0.25, 0.3) is 0 Å². The van der Waals surface area contributed by atoms with Gasteiger partial charge in [-0.1, -0.05) is 35.9 Å². The van der Waals surface area contributed by atoms with E-state index in [0.29, 0.717) is 24.5 Å². The fraction of sp³-hybridized carbons (Fsp3) is 0.520. The number of hydrogen-bond donors (Lipinski definition) is 0. The van der Waals surface area contributed by atoms with Gasteiger partial charge in [-0.05, 0) is 69.5 Å². The van der Waals surface area contributed by atoms with Gasteiger partial charge in [-0.25, -0.2) is 16.8 Å². The van der Waals surface area contributed by atoms with Gasteiger partial charge in [0, 0.05) is 6.54 Å². The first kappa shape index (κ1) is 29.4. The van der Waals surface area contributed by atoms with Crippen molar-refractivity contribution in [1.82, 2.24) is 4.90 Å². The Labute approximate surface area is 216 Å². The smallest absolute Gasteiger partial charge is 0.198 e. The molecule has 1 heterocycles. The van der Waals surface area contributed by atoms with Crippen LogP contribution in [-0.2, 0) is 30.2 Å². The number of hydrogen-bond acceptors (Lipinski definition) is 7. The maximum absolute atomic E-state index is 13.4. The van der Waals surface area contributed by atoms with Gasteiger partial charge in [0.25, 0.3) is 0 Å². The van der Waals surface area contributed by atoms with Gasteiger partial charge in [-0.2, -0.15) is 0 Å². The van der Waals surface area contributed by atoms with Crippen LogP contribution in [-0.4, -0.2) is 67.6 Å². The van der Waals surface area contributed by atoms with Crippen molar-refractivity contribution < 1.29 is 26.3 Å². The molecule has 1 aliphatic heterocycles. The molecule has 2 aromatic rings. The summed E-state index contributed by atoms with van der Waals surface area (Å²) in [4.78, 5) is 2.12. The van der Waals surface area contributed by atoms with Crippen LogP contribution >= 0.6 is 12.4 Å². The number of rotatable bonds is 10. The standard InChI is InChI=1S/C25H35NO6S2.ClH/c1-20-7-9-21(10-8-20)13-16-26(2)15-5-14-25(33(27,28)17-6-18-34(25,29)30)22-11-12-23(31-3)24(19-22)32-4;/h7-12,19H,5-6,13-18H2,1-4H3;1H. The van der Waals surface area contributed by atoms with E-state index in [1.165, 1.54) is 31.4 Å². The van der Waals surface area contributed by atoms with Crippen molar-refractivity contribution in [3.63, 3.8) is 0 Å². The van der Waals surface area contributed by atoms with Gasteiger partial charge in [0.1, 0.15) is 0 Å². The van der Waals surface area contributed by atoms with E-state index in [0.717, 1.165) is 13.0 Å². The number of halogens is 1. The summed E-state index contributed by atoms with van der Waals surface area (Å²) in [5.41, 5.74) is 2.68. The lowest BCUT2D eigenvalue weighted by Gasteiger charge is -2.37. The molecule has 10 heteroatoms. The number of likely N-dealkylation sites (N-methyl/N-ethyl adjacent to an activating group) is 1. The second-order valence-electron chi connectivity index (χ2n) is 8.96. The molecule has 1 aliphatic rings. The Morgan fingerprint density at radius 3 is 2.06 bits per heavy atom. The van der Waals surface area contributed by atoms with Crippen molar-refractivity contribution in [3.05, 3.63) is 59.2 Å². The van der Waals surface area contributed by atoms with E-state index >= 15 is 0 Å². The third kappa shape index (κ3) is 6.13. The molecule has 0 radical (unpaired) electrons. The lowest BCUT2D eigenvalue weighted by molar-refractivity contribution is 0.325. The van der Waals surface area contributed by atoms with E-state index in [2.05, 4.69) is 36.1 Å². The van der Waals surface area contributed by atoms with Crippen LogP contribution < -0.4 is 9.47 Å². The highest BCUT2D eigenvalue weighted by Crippen LogP contribution is 2.47. The van der Waals surface area contributed by atoms with Gasteiger partial charge in [-0.3, -0.25) is 0 Å². The molecular weight excluding hydrogens is 510 g/mol. The molecule has 0 aliphatic carbocycles. The molecule has 0 atom stereocenters.